The number of methoxy groups -OCH3 is 1. The first kappa shape index (κ1) is 29.6. The lowest BCUT2D eigenvalue weighted by Gasteiger charge is -2.14. The van der Waals surface area contributed by atoms with Crippen molar-refractivity contribution in [3.8, 4) is 5.75 Å². The van der Waals surface area contributed by atoms with E-state index in [-0.39, 0.29) is 25.0 Å². The molecule has 214 valence electrons. The van der Waals surface area contributed by atoms with E-state index in [0.29, 0.717) is 39.4 Å². The largest absolute Gasteiger partial charge is 0.496 e. The molecule has 0 radical (unpaired) electrons. The van der Waals surface area contributed by atoms with Crippen LogP contribution in [0.1, 0.15) is 77.0 Å². The molecule has 2 N–H and O–H groups in total. The van der Waals surface area contributed by atoms with Crippen molar-refractivity contribution in [2.45, 2.75) is 76.4 Å². The number of nitrogens with zero attached hydrogens (tertiary/aromatic N) is 3. The van der Waals surface area contributed by atoms with Gasteiger partial charge in [-0.05, 0) is 57.2 Å². The molecule has 10 nitrogen and oxygen atoms in total. The summed E-state index contributed by atoms with van der Waals surface area (Å²) in [6.45, 7) is 6.78. The quantitative estimate of drug-likeness (QED) is 0.215. The fourth-order valence-electron chi connectivity index (χ4n) is 4.50. The molecular weight excluding hydrogens is 550 g/mol. The number of carbonyl (C=O) groups excluding carboxylic acids is 3. The van der Waals surface area contributed by atoms with Crippen LogP contribution in [0, 0.1) is 0 Å². The summed E-state index contributed by atoms with van der Waals surface area (Å²) in [5.74, 6) is 0.199. The number of aryl methyl sites for hydroxylation is 1. The van der Waals surface area contributed by atoms with Gasteiger partial charge in [-0.2, -0.15) is 0 Å². The lowest BCUT2D eigenvalue weighted by molar-refractivity contribution is -0.115. The number of rotatable bonds is 13. The second kappa shape index (κ2) is 13.8. The van der Waals surface area contributed by atoms with Crippen molar-refractivity contribution in [2.75, 3.05) is 19.0 Å². The van der Waals surface area contributed by atoms with E-state index in [1.54, 1.807) is 38.1 Å². The van der Waals surface area contributed by atoms with E-state index in [9.17, 15) is 14.4 Å². The summed E-state index contributed by atoms with van der Waals surface area (Å²) >= 11 is 2.75. The molecule has 12 heteroatoms. The normalized spacial score (nSPS) is 13.0. The highest BCUT2D eigenvalue weighted by atomic mass is 32.2. The Hall–Kier alpha value is -3.38. The van der Waals surface area contributed by atoms with E-state index in [2.05, 4.69) is 27.8 Å². The van der Waals surface area contributed by atoms with Gasteiger partial charge in [0.2, 0.25) is 5.91 Å². The summed E-state index contributed by atoms with van der Waals surface area (Å²) in [6.07, 6.45) is 4.58. The maximum absolute atomic E-state index is 13.2. The Labute approximate surface area is 242 Å². The Morgan fingerprint density at radius 2 is 1.98 bits per heavy atom. The molecule has 1 aromatic carbocycles. The number of anilines is 1. The zero-order valence-electron chi connectivity index (χ0n) is 23.2. The van der Waals surface area contributed by atoms with Gasteiger partial charge in [-0.15, -0.1) is 21.5 Å². The second-order valence-electron chi connectivity index (χ2n) is 9.32. The molecule has 3 aromatic rings. The Morgan fingerprint density at radius 3 is 2.73 bits per heavy atom. The smallest absolute Gasteiger partial charge is 0.341 e. The maximum Gasteiger partial charge on any atom is 0.341 e. The first-order valence-corrected chi connectivity index (χ1v) is 15.2. The van der Waals surface area contributed by atoms with Crippen molar-refractivity contribution >= 4 is 45.9 Å². The minimum atomic E-state index is -0.507. The zero-order valence-corrected chi connectivity index (χ0v) is 24.9. The number of hydrogen-bond acceptors (Lipinski definition) is 9. The topological polar surface area (TPSA) is 124 Å². The van der Waals surface area contributed by atoms with Crippen molar-refractivity contribution in [2.24, 2.45) is 0 Å². The van der Waals surface area contributed by atoms with Crippen LogP contribution in [0.2, 0.25) is 0 Å². The fourth-order valence-corrected chi connectivity index (χ4v) is 6.68. The molecule has 40 heavy (non-hydrogen) atoms. The standard InChI is InChI=1S/C28H35N5O5S2/c1-5-7-15-33-22(16-29-25(35)18-11-8-9-13-20(18)37-4)31-32-28(33)39-17(3)24(34)30-26-23(27(36)38-6-2)19-12-10-14-21(19)40-26/h8-9,11,13,17H,5-7,10,12,14-16H2,1-4H3,(H,29,35)(H,30,34)/t17-/m0/s1. The molecule has 0 saturated heterocycles. The van der Waals surface area contributed by atoms with Gasteiger partial charge in [-0.3, -0.25) is 9.59 Å². The number of esters is 1. The van der Waals surface area contributed by atoms with Gasteiger partial charge in [0.1, 0.15) is 10.8 Å². The molecule has 0 fully saturated rings. The van der Waals surface area contributed by atoms with Crippen molar-refractivity contribution < 1.29 is 23.9 Å². The van der Waals surface area contributed by atoms with Crippen LogP contribution in [0.4, 0.5) is 5.00 Å². The van der Waals surface area contributed by atoms with Crippen LogP contribution in [0.3, 0.4) is 0 Å². The fraction of sp³-hybridized carbons (Fsp3) is 0.464. The Morgan fingerprint density at radius 1 is 1.18 bits per heavy atom. The van der Waals surface area contributed by atoms with Gasteiger partial charge in [0.05, 0.1) is 36.6 Å². The number of ether oxygens (including phenoxy) is 2. The molecule has 1 atom stereocenters. The molecule has 0 unspecified atom stereocenters. The average molecular weight is 586 g/mol. The number of para-hydroxylation sites is 1. The number of hydrogen-bond donors (Lipinski definition) is 2. The third-order valence-electron chi connectivity index (χ3n) is 6.58. The van der Waals surface area contributed by atoms with E-state index in [0.717, 1.165) is 42.5 Å². The highest BCUT2D eigenvalue weighted by Gasteiger charge is 2.30. The van der Waals surface area contributed by atoms with Crippen LogP contribution in [0.15, 0.2) is 29.4 Å². The summed E-state index contributed by atoms with van der Waals surface area (Å²) in [4.78, 5) is 39.9. The van der Waals surface area contributed by atoms with Gasteiger partial charge >= 0.3 is 5.97 Å². The molecule has 1 aliphatic carbocycles. The Balaban J connectivity index is 1.46. The molecular formula is C28H35N5O5S2. The zero-order chi connectivity index (χ0) is 28.6. The van der Waals surface area contributed by atoms with E-state index in [1.165, 1.54) is 30.2 Å². The van der Waals surface area contributed by atoms with Gasteiger partial charge in [-0.25, -0.2) is 4.79 Å². The van der Waals surface area contributed by atoms with Gasteiger partial charge in [0.25, 0.3) is 5.91 Å². The SMILES string of the molecule is CCCCn1c(CNC(=O)c2ccccc2OC)nnc1S[C@@H](C)C(=O)Nc1sc2c(c1C(=O)OCC)CCC2. The summed E-state index contributed by atoms with van der Waals surface area (Å²) < 4.78 is 12.5. The molecule has 2 heterocycles. The molecule has 0 saturated carbocycles. The van der Waals surface area contributed by atoms with Crippen LogP contribution in [-0.2, 0) is 35.5 Å². The molecule has 0 spiro atoms. The second-order valence-corrected chi connectivity index (χ2v) is 11.7. The highest BCUT2D eigenvalue weighted by molar-refractivity contribution is 8.00. The third kappa shape index (κ3) is 6.67. The average Bonchev–Trinajstić information content (AvgIpc) is 3.65. The number of thiophene rings is 1. The van der Waals surface area contributed by atoms with Gasteiger partial charge < -0.3 is 24.7 Å². The van der Waals surface area contributed by atoms with Gasteiger partial charge in [0, 0.05) is 11.4 Å². The summed E-state index contributed by atoms with van der Waals surface area (Å²) in [6, 6.07) is 7.02. The first-order valence-electron chi connectivity index (χ1n) is 13.5. The van der Waals surface area contributed by atoms with E-state index in [4.69, 9.17) is 9.47 Å². The Kier molecular flexibility index (Phi) is 10.2. The summed E-state index contributed by atoms with van der Waals surface area (Å²) in [5, 5.41) is 15.2. The van der Waals surface area contributed by atoms with E-state index in [1.807, 2.05) is 4.57 Å². The molecule has 0 aliphatic heterocycles. The minimum absolute atomic E-state index is 0.179. The van der Waals surface area contributed by atoms with Gasteiger partial charge in [-0.1, -0.05) is 37.2 Å². The van der Waals surface area contributed by atoms with Crippen molar-refractivity contribution in [1.29, 1.82) is 0 Å². The third-order valence-corrected chi connectivity index (χ3v) is 8.86. The number of unbranched alkanes of at least 4 members (excludes halogenated alkanes) is 1. The van der Waals surface area contributed by atoms with Crippen LogP contribution in [0.5, 0.6) is 5.75 Å². The number of fused-ring (bicyclic) bond motifs is 1. The Bertz CT molecular complexity index is 1370. The number of nitrogens with one attached hydrogen (secondary N) is 2. The van der Waals surface area contributed by atoms with E-state index < -0.39 is 11.2 Å². The van der Waals surface area contributed by atoms with Crippen molar-refractivity contribution in [3.63, 3.8) is 0 Å². The maximum atomic E-state index is 13.2. The molecule has 1 aliphatic rings. The van der Waals surface area contributed by atoms with E-state index >= 15 is 0 Å². The lowest BCUT2D eigenvalue weighted by Crippen LogP contribution is -2.26. The molecule has 2 aromatic heterocycles. The van der Waals surface area contributed by atoms with Crippen LogP contribution in [0.25, 0.3) is 0 Å². The van der Waals surface area contributed by atoms with Crippen LogP contribution >= 0.6 is 23.1 Å². The highest BCUT2D eigenvalue weighted by Crippen LogP contribution is 2.40. The number of amides is 2. The van der Waals surface area contributed by atoms with Crippen LogP contribution < -0.4 is 15.4 Å². The van der Waals surface area contributed by atoms with Crippen molar-refractivity contribution in [3.05, 3.63) is 51.7 Å². The summed E-state index contributed by atoms with van der Waals surface area (Å²) in [7, 11) is 1.53. The predicted octanol–water partition coefficient (Wildman–Crippen LogP) is 4.86. The lowest BCUT2D eigenvalue weighted by atomic mass is 10.1. The number of benzene rings is 1. The molecule has 0 bridgehead atoms. The minimum Gasteiger partial charge on any atom is -0.496 e. The molecule has 4 rings (SSSR count). The van der Waals surface area contributed by atoms with Gasteiger partial charge in [0.15, 0.2) is 11.0 Å². The van der Waals surface area contributed by atoms with Crippen LogP contribution in [-0.4, -0.2) is 51.5 Å². The first-order chi connectivity index (χ1) is 19.4. The predicted molar refractivity (Wildman–Crippen MR) is 155 cm³/mol. The number of thioether (sulfide) groups is 1. The molecule has 2 amide bonds. The van der Waals surface area contributed by atoms with Crippen molar-refractivity contribution in [1.82, 2.24) is 20.1 Å². The number of carbonyl (C=O) groups is 3. The number of aromatic nitrogens is 3. The summed E-state index contributed by atoms with van der Waals surface area (Å²) in [5.41, 5.74) is 1.92. The monoisotopic (exact) mass is 585 g/mol.